The molecule has 1 fully saturated rings. The van der Waals surface area contributed by atoms with Gasteiger partial charge in [0.1, 0.15) is 0 Å². The summed E-state index contributed by atoms with van der Waals surface area (Å²) in [5.74, 6) is 0. The largest absolute Gasteiger partial charge is 0.356 e. The van der Waals surface area contributed by atoms with Crippen LogP contribution in [0.15, 0.2) is 12.3 Å². The average Bonchev–Trinajstić information content (AvgIpc) is 2.20. The summed E-state index contributed by atoms with van der Waals surface area (Å²) in [6, 6.07) is 0. The molecule has 0 bridgehead atoms. The minimum atomic E-state index is 0.0409. The van der Waals surface area contributed by atoms with Gasteiger partial charge in [0.2, 0.25) is 0 Å². The molecule has 4 heteroatoms. The second-order valence-electron chi connectivity index (χ2n) is 4.40. The van der Waals surface area contributed by atoms with Crippen LogP contribution in [0.2, 0.25) is 0 Å². The molecule has 0 spiro atoms. The Morgan fingerprint density at radius 3 is 2.60 bits per heavy atom. The lowest BCUT2D eigenvalue weighted by atomic mass is 10.1. The molecule has 1 aliphatic rings. The molecule has 0 aromatic heterocycles. The molecular formula is C11H24N4. The molecule has 0 aliphatic carbocycles. The molecule has 1 heterocycles. The molecule has 4 N–H and O–H groups in total. The summed E-state index contributed by atoms with van der Waals surface area (Å²) >= 11 is 0. The fraction of sp³-hybridized carbons (Fsp3) is 0.818. The number of hydrogen-bond donors (Lipinski definition) is 2. The molecule has 4 nitrogen and oxygen atoms in total. The molecule has 15 heavy (non-hydrogen) atoms. The standard InChI is InChI=1S/C11H24N4/c1-4-5-6-9(2)15-8-10(12)14(3)7-11(15)13/h10-11H,2,4-8,12-13H2,1,3H3. The highest BCUT2D eigenvalue weighted by Gasteiger charge is 2.27. The summed E-state index contributed by atoms with van der Waals surface area (Å²) in [7, 11) is 2.01. The fourth-order valence-corrected chi connectivity index (χ4v) is 1.89. The molecule has 1 saturated heterocycles. The van der Waals surface area contributed by atoms with E-state index in [9.17, 15) is 0 Å². The van der Waals surface area contributed by atoms with Gasteiger partial charge < -0.3 is 16.4 Å². The minimum absolute atomic E-state index is 0.0409. The van der Waals surface area contributed by atoms with Crippen LogP contribution in [0, 0.1) is 0 Å². The van der Waals surface area contributed by atoms with Gasteiger partial charge in [-0.2, -0.15) is 0 Å². The average molecular weight is 212 g/mol. The van der Waals surface area contributed by atoms with Crippen LogP contribution in [-0.4, -0.2) is 42.3 Å². The molecule has 0 saturated carbocycles. The molecular weight excluding hydrogens is 188 g/mol. The number of unbranched alkanes of at least 4 members (excludes halogenated alkanes) is 1. The first-order valence-corrected chi connectivity index (χ1v) is 5.72. The van der Waals surface area contributed by atoms with E-state index in [0.29, 0.717) is 0 Å². The summed E-state index contributed by atoms with van der Waals surface area (Å²) in [5.41, 5.74) is 13.2. The van der Waals surface area contributed by atoms with Crippen molar-refractivity contribution in [3.05, 3.63) is 12.3 Å². The highest BCUT2D eigenvalue weighted by atomic mass is 15.4. The Balaban J connectivity index is 2.50. The third-order valence-corrected chi connectivity index (χ3v) is 3.05. The second kappa shape index (κ2) is 5.49. The van der Waals surface area contributed by atoms with Gasteiger partial charge in [0, 0.05) is 18.8 Å². The molecule has 1 rings (SSSR count). The van der Waals surface area contributed by atoms with Crippen LogP contribution < -0.4 is 11.5 Å². The maximum absolute atomic E-state index is 6.07. The molecule has 2 unspecified atom stereocenters. The Hall–Kier alpha value is -0.580. The Morgan fingerprint density at radius 2 is 2.00 bits per heavy atom. The van der Waals surface area contributed by atoms with Crippen molar-refractivity contribution < 1.29 is 0 Å². The van der Waals surface area contributed by atoms with Crippen LogP contribution in [-0.2, 0) is 0 Å². The van der Waals surface area contributed by atoms with Crippen LogP contribution in [0.1, 0.15) is 26.2 Å². The monoisotopic (exact) mass is 212 g/mol. The lowest BCUT2D eigenvalue weighted by Crippen LogP contribution is -2.62. The predicted octanol–water partition coefficient (Wildman–Crippen LogP) is 0.507. The molecule has 0 radical (unpaired) electrons. The maximum Gasteiger partial charge on any atom is 0.0898 e. The van der Waals surface area contributed by atoms with E-state index in [1.807, 2.05) is 7.05 Å². The zero-order valence-corrected chi connectivity index (χ0v) is 9.95. The van der Waals surface area contributed by atoms with Gasteiger partial charge in [-0.3, -0.25) is 4.90 Å². The van der Waals surface area contributed by atoms with E-state index >= 15 is 0 Å². The number of allylic oxidation sites excluding steroid dienone is 1. The first-order valence-electron chi connectivity index (χ1n) is 5.72. The minimum Gasteiger partial charge on any atom is -0.356 e. The number of nitrogens with zero attached hydrogens (tertiary/aromatic N) is 2. The van der Waals surface area contributed by atoms with Crippen molar-refractivity contribution in [2.24, 2.45) is 11.5 Å². The molecule has 0 aromatic rings. The first-order chi connectivity index (χ1) is 7.06. The summed E-state index contributed by atoms with van der Waals surface area (Å²) in [5, 5.41) is 0. The third kappa shape index (κ3) is 3.19. The van der Waals surface area contributed by atoms with Crippen molar-refractivity contribution >= 4 is 0 Å². The van der Waals surface area contributed by atoms with Crippen LogP contribution in [0.5, 0.6) is 0 Å². The maximum atomic E-state index is 6.07. The molecule has 0 aromatic carbocycles. The molecule has 1 aliphatic heterocycles. The third-order valence-electron chi connectivity index (χ3n) is 3.05. The van der Waals surface area contributed by atoms with E-state index < -0.39 is 0 Å². The molecule has 0 amide bonds. The molecule has 2 atom stereocenters. The van der Waals surface area contributed by atoms with E-state index in [4.69, 9.17) is 11.5 Å². The quantitative estimate of drug-likeness (QED) is 0.713. The number of hydrogen-bond acceptors (Lipinski definition) is 4. The Labute approximate surface area is 92.9 Å². The Bertz CT molecular complexity index is 217. The van der Waals surface area contributed by atoms with E-state index in [1.54, 1.807) is 0 Å². The number of likely N-dealkylation sites (N-methyl/N-ethyl adjacent to an activating group) is 1. The lowest BCUT2D eigenvalue weighted by Gasteiger charge is -2.44. The summed E-state index contributed by atoms with van der Waals surface area (Å²) in [4.78, 5) is 4.24. The van der Waals surface area contributed by atoms with Gasteiger partial charge >= 0.3 is 0 Å². The zero-order valence-electron chi connectivity index (χ0n) is 9.95. The zero-order chi connectivity index (χ0) is 11.4. The van der Waals surface area contributed by atoms with Crippen LogP contribution in [0.3, 0.4) is 0 Å². The highest BCUT2D eigenvalue weighted by molar-refractivity contribution is 4.99. The lowest BCUT2D eigenvalue weighted by molar-refractivity contribution is 0.0718. The van der Waals surface area contributed by atoms with E-state index in [2.05, 4.69) is 23.3 Å². The van der Waals surface area contributed by atoms with Gasteiger partial charge in [-0.25, -0.2) is 0 Å². The summed E-state index contributed by atoms with van der Waals surface area (Å²) in [6.07, 6.45) is 3.50. The van der Waals surface area contributed by atoms with E-state index in [0.717, 1.165) is 25.2 Å². The predicted molar refractivity (Wildman–Crippen MR) is 64.0 cm³/mol. The summed E-state index contributed by atoms with van der Waals surface area (Å²) < 4.78 is 0. The van der Waals surface area contributed by atoms with Crippen molar-refractivity contribution in [3.63, 3.8) is 0 Å². The molecule has 88 valence electrons. The Morgan fingerprint density at radius 1 is 1.33 bits per heavy atom. The number of nitrogens with two attached hydrogens (primary N) is 2. The van der Waals surface area contributed by atoms with Crippen molar-refractivity contribution in [2.75, 3.05) is 20.1 Å². The van der Waals surface area contributed by atoms with Crippen LogP contribution >= 0.6 is 0 Å². The number of piperazine rings is 1. The van der Waals surface area contributed by atoms with Crippen molar-refractivity contribution in [1.82, 2.24) is 9.80 Å². The summed E-state index contributed by atoms with van der Waals surface area (Å²) in [6.45, 7) is 7.88. The topological polar surface area (TPSA) is 58.5 Å². The fourth-order valence-electron chi connectivity index (χ4n) is 1.89. The highest BCUT2D eigenvalue weighted by Crippen LogP contribution is 2.17. The van der Waals surface area contributed by atoms with Gasteiger partial charge in [0.05, 0.1) is 12.3 Å². The first kappa shape index (κ1) is 12.5. The van der Waals surface area contributed by atoms with Gasteiger partial charge in [0.25, 0.3) is 0 Å². The van der Waals surface area contributed by atoms with Crippen LogP contribution in [0.25, 0.3) is 0 Å². The second-order valence-corrected chi connectivity index (χ2v) is 4.40. The Kier molecular flexibility index (Phi) is 4.57. The SMILES string of the molecule is C=C(CCCC)N1CC(N)N(C)CC1N. The number of rotatable bonds is 4. The van der Waals surface area contributed by atoms with Gasteiger partial charge in [-0.15, -0.1) is 0 Å². The van der Waals surface area contributed by atoms with Crippen molar-refractivity contribution in [3.8, 4) is 0 Å². The van der Waals surface area contributed by atoms with Gasteiger partial charge in [-0.05, 0) is 19.9 Å². The smallest absolute Gasteiger partial charge is 0.0898 e. The van der Waals surface area contributed by atoms with Gasteiger partial charge in [0.15, 0.2) is 0 Å². The van der Waals surface area contributed by atoms with Crippen molar-refractivity contribution in [1.29, 1.82) is 0 Å². The van der Waals surface area contributed by atoms with Crippen molar-refractivity contribution in [2.45, 2.75) is 38.5 Å². The van der Waals surface area contributed by atoms with E-state index in [-0.39, 0.29) is 12.3 Å². The van der Waals surface area contributed by atoms with Crippen LogP contribution in [0.4, 0.5) is 0 Å². The van der Waals surface area contributed by atoms with Gasteiger partial charge in [-0.1, -0.05) is 19.9 Å². The normalized spacial score (nSPS) is 28.1. The van der Waals surface area contributed by atoms with E-state index in [1.165, 1.54) is 12.8 Å².